The summed E-state index contributed by atoms with van der Waals surface area (Å²) < 4.78 is 0. The van der Waals surface area contributed by atoms with Crippen LogP contribution in [-0.4, -0.2) is 10.9 Å². The van der Waals surface area contributed by atoms with Crippen molar-refractivity contribution in [3.8, 4) is 0 Å². The van der Waals surface area contributed by atoms with Crippen molar-refractivity contribution in [3.63, 3.8) is 0 Å². The molecule has 0 aliphatic carbocycles. The summed E-state index contributed by atoms with van der Waals surface area (Å²) in [5.74, 6) is 0.542. The molecular weight excluding hydrogens is 224 g/mol. The maximum absolute atomic E-state index is 12.0. The molecule has 0 saturated heterocycles. The normalized spacial score (nSPS) is 10.1. The predicted octanol–water partition coefficient (Wildman–Crippen LogP) is 3.29. The van der Waals surface area contributed by atoms with Crippen LogP contribution < -0.4 is 5.32 Å². The molecule has 3 heteroatoms. The Morgan fingerprint density at radius 1 is 1.17 bits per heavy atom. The number of benzene rings is 1. The topological polar surface area (TPSA) is 42.0 Å². The highest BCUT2D eigenvalue weighted by molar-refractivity contribution is 6.04. The number of rotatable bonds is 4. The zero-order chi connectivity index (χ0) is 12.8. The maximum atomic E-state index is 12.0. The molecule has 1 aromatic heterocycles. The van der Waals surface area contributed by atoms with Crippen LogP contribution in [0.3, 0.4) is 0 Å². The Labute approximate surface area is 107 Å². The van der Waals surface area contributed by atoms with E-state index in [4.69, 9.17) is 0 Å². The van der Waals surface area contributed by atoms with Gasteiger partial charge >= 0.3 is 0 Å². The van der Waals surface area contributed by atoms with E-state index in [1.54, 1.807) is 18.3 Å². The second-order valence-corrected chi connectivity index (χ2v) is 4.08. The molecule has 0 aliphatic heterocycles. The van der Waals surface area contributed by atoms with Crippen LogP contribution in [0.25, 0.3) is 0 Å². The first-order valence-electron chi connectivity index (χ1n) is 6.11. The molecule has 0 aliphatic rings. The van der Waals surface area contributed by atoms with E-state index in [-0.39, 0.29) is 5.91 Å². The quantitative estimate of drug-likeness (QED) is 0.891. The van der Waals surface area contributed by atoms with Crippen molar-refractivity contribution >= 4 is 11.7 Å². The Morgan fingerprint density at radius 3 is 2.67 bits per heavy atom. The summed E-state index contributed by atoms with van der Waals surface area (Å²) in [6.07, 6.45) is 3.64. The fraction of sp³-hybridized carbons (Fsp3) is 0.200. The molecule has 0 spiro atoms. The van der Waals surface area contributed by atoms with Crippen molar-refractivity contribution < 1.29 is 4.79 Å². The average molecular weight is 240 g/mol. The summed E-state index contributed by atoms with van der Waals surface area (Å²) >= 11 is 0. The van der Waals surface area contributed by atoms with Gasteiger partial charge in [0, 0.05) is 11.8 Å². The second-order valence-electron chi connectivity index (χ2n) is 4.08. The Morgan fingerprint density at radius 2 is 1.94 bits per heavy atom. The van der Waals surface area contributed by atoms with Crippen LogP contribution in [0.15, 0.2) is 48.7 Å². The standard InChI is InChI=1S/C15H16N2O/c1-2-7-12-10-6-11-16-14(12)17-15(18)13-8-4-3-5-9-13/h3-6,8-11H,2,7H2,1H3,(H,16,17,18). The molecule has 1 amide bonds. The minimum atomic E-state index is -0.119. The second kappa shape index (κ2) is 5.96. The lowest BCUT2D eigenvalue weighted by Crippen LogP contribution is -2.14. The van der Waals surface area contributed by atoms with Crippen LogP contribution in [0.1, 0.15) is 29.3 Å². The summed E-state index contributed by atoms with van der Waals surface area (Å²) in [7, 11) is 0. The molecule has 0 radical (unpaired) electrons. The van der Waals surface area contributed by atoms with Crippen LogP contribution in [0, 0.1) is 0 Å². The first-order chi connectivity index (χ1) is 8.81. The third-order valence-corrected chi connectivity index (χ3v) is 2.68. The smallest absolute Gasteiger partial charge is 0.256 e. The van der Waals surface area contributed by atoms with Gasteiger partial charge in [0.25, 0.3) is 5.91 Å². The molecule has 0 bridgehead atoms. The molecule has 1 heterocycles. The predicted molar refractivity (Wildman–Crippen MR) is 72.6 cm³/mol. The Bertz CT molecular complexity index is 523. The maximum Gasteiger partial charge on any atom is 0.256 e. The van der Waals surface area contributed by atoms with Crippen molar-refractivity contribution in [1.29, 1.82) is 0 Å². The van der Waals surface area contributed by atoms with Crippen LogP contribution in [0.4, 0.5) is 5.82 Å². The van der Waals surface area contributed by atoms with Gasteiger partial charge in [-0.2, -0.15) is 0 Å². The number of anilines is 1. The Hall–Kier alpha value is -2.16. The van der Waals surface area contributed by atoms with Crippen LogP contribution in [0.2, 0.25) is 0 Å². The SMILES string of the molecule is CCCc1cccnc1NC(=O)c1ccccc1. The first kappa shape index (κ1) is 12.3. The van der Waals surface area contributed by atoms with Gasteiger partial charge in [-0.25, -0.2) is 4.98 Å². The number of aromatic nitrogens is 1. The number of carbonyl (C=O) groups excluding carboxylic acids is 1. The molecule has 18 heavy (non-hydrogen) atoms. The molecule has 92 valence electrons. The van der Waals surface area contributed by atoms with E-state index in [1.165, 1.54) is 0 Å². The Balaban J connectivity index is 2.17. The number of aryl methyl sites for hydroxylation is 1. The van der Waals surface area contributed by atoms with Crippen molar-refractivity contribution in [2.75, 3.05) is 5.32 Å². The highest BCUT2D eigenvalue weighted by Gasteiger charge is 2.08. The fourth-order valence-corrected chi connectivity index (χ4v) is 1.79. The van der Waals surface area contributed by atoms with E-state index in [9.17, 15) is 4.79 Å². The molecule has 0 unspecified atom stereocenters. The number of nitrogens with zero attached hydrogens (tertiary/aromatic N) is 1. The van der Waals surface area contributed by atoms with Gasteiger partial charge in [0.2, 0.25) is 0 Å². The van der Waals surface area contributed by atoms with E-state index in [2.05, 4.69) is 17.2 Å². The summed E-state index contributed by atoms with van der Waals surface area (Å²) in [4.78, 5) is 16.3. The summed E-state index contributed by atoms with van der Waals surface area (Å²) in [6, 6.07) is 13.1. The molecule has 0 atom stereocenters. The van der Waals surface area contributed by atoms with Crippen molar-refractivity contribution in [1.82, 2.24) is 4.98 Å². The van der Waals surface area contributed by atoms with Gasteiger partial charge in [-0.05, 0) is 30.2 Å². The number of nitrogens with one attached hydrogen (secondary N) is 1. The van der Waals surface area contributed by atoms with Gasteiger partial charge in [0.05, 0.1) is 0 Å². The van der Waals surface area contributed by atoms with E-state index >= 15 is 0 Å². The zero-order valence-electron chi connectivity index (χ0n) is 10.4. The highest BCUT2D eigenvalue weighted by atomic mass is 16.1. The molecule has 1 N–H and O–H groups in total. The molecule has 0 fully saturated rings. The number of hydrogen-bond acceptors (Lipinski definition) is 2. The largest absolute Gasteiger partial charge is 0.306 e. The monoisotopic (exact) mass is 240 g/mol. The van der Waals surface area contributed by atoms with Crippen molar-refractivity contribution in [2.45, 2.75) is 19.8 Å². The third-order valence-electron chi connectivity index (χ3n) is 2.68. The summed E-state index contributed by atoms with van der Waals surface area (Å²) in [5.41, 5.74) is 1.72. The van der Waals surface area contributed by atoms with Crippen LogP contribution in [-0.2, 0) is 6.42 Å². The molecule has 3 nitrogen and oxygen atoms in total. The molecule has 2 aromatic rings. The molecule has 1 aromatic carbocycles. The number of hydrogen-bond donors (Lipinski definition) is 1. The van der Waals surface area contributed by atoms with E-state index in [0.29, 0.717) is 11.4 Å². The summed E-state index contributed by atoms with van der Waals surface area (Å²) in [5, 5.41) is 2.86. The number of pyridine rings is 1. The fourth-order valence-electron chi connectivity index (χ4n) is 1.79. The first-order valence-corrected chi connectivity index (χ1v) is 6.11. The number of carbonyl (C=O) groups is 1. The lowest BCUT2D eigenvalue weighted by molar-refractivity contribution is 0.102. The molecular formula is C15H16N2O. The minimum absolute atomic E-state index is 0.119. The van der Waals surface area contributed by atoms with Gasteiger partial charge in [0.15, 0.2) is 0 Å². The van der Waals surface area contributed by atoms with E-state index < -0.39 is 0 Å². The zero-order valence-corrected chi connectivity index (χ0v) is 10.4. The summed E-state index contributed by atoms with van der Waals surface area (Å²) in [6.45, 7) is 2.11. The lowest BCUT2D eigenvalue weighted by Gasteiger charge is -2.09. The molecule has 2 rings (SSSR count). The van der Waals surface area contributed by atoms with Crippen molar-refractivity contribution in [2.24, 2.45) is 0 Å². The van der Waals surface area contributed by atoms with Gasteiger partial charge in [-0.1, -0.05) is 37.6 Å². The van der Waals surface area contributed by atoms with E-state index in [1.807, 2.05) is 30.3 Å². The highest BCUT2D eigenvalue weighted by Crippen LogP contribution is 2.14. The number of amides is 1. The molecule has 0 saturated carbocycles. The van der Waals surface area contributed by atoms with Crippen LogP contribution in [0.5, 0.6) is 0 Å². The Kier molecular flexibility index (Phi) is 4.07. The van der Waals surface area contributed by atoms with Gasteiger partial charge in [-0.3, -0.25) is 4.79 Å². The minimum Gasteiger partial charge on any atom is -0.306 e. The van der Waals surface area contributed by atoms with Gasteiger partial charge in [0.1, 0.15) is 5.82 Å². The third kappa shape index (κ3) is 2.94. The van der Waals surface area contributed by atoms with Gasteiger partial charge in [-0.15, -0.1) is 0 Å². The van der Waals surface area contributed by atoms with Gasteiger partial charge < -0.3 is 5.32 Å². The van der Waals surface area contributed by atoms with Crippen molar-refractivity contribution in [3.05, 3.63) is 59.8 Å². The van der Waals surface area contributed by atoms with Crippen LogP contribution >= 0.6 is 0 Å². The lowest BCUT2D eigenvalue weighted by atomic mass is 10.1. The van der Waals surface area contributed by atoms with E-state index in [0.717, 1.165) is 18.4 Å². The average Bonchev–Trinajstić information content (AvgIpc) is 2.42.